The largest absolute Gasteiger partial charge is 0.460 e. The molecule has 0 saturated heterocycles. The van der Waals surface area contributed by atoms with E-state index in [4.69, 9.17) is 4.74 Å². The van der Waals surface area contributed by atoms with Crippen molar-refractivity contribution in [3.05, 3.63) is 29.6 Å². The van der Waals surface area contributed by atoms with Crippen molar-refractivity contribution in [2.24, 2.45) is 11.8 Å². The highest BCUT2D eigenvalue weighted by Crippen LogP contribution is 2.63. The number of ether oxygens (including phenoxy) is 1. The summed E-state index contributed by atoms with van der Waals surface area (Å²) in [5.41, 5.74) is 0.524. The normalized spacial score (nSPS) is 20.2. The molecule has 0 amide bonds. The lowest BCUT2D eigenvalue weighted by atomic mass is 9.75. The quantitative estimate of drug-likeness (QED) is 0.146. The number of hydrogen-bond acceptors (Lipinski definition) is 2. The maximum atomic E-state index is 14.5. The van der Waals surface area contributed by atoms with Gasteiger partial charge in [0.2, 0.25) is 0 Å². The average molecular weight is 632 g/mol. The molecule has 0 radical (unpaired) electrons. The minimum Gasteiger partial charge on any atom is -0.423 e. The van der Waals surface area contributed by atoms with Crippen molar-refractivity contribution in [1.29, 1.82) is 0 Å². The number of aryl methyl sites for hydroxylation is 1. The average Bonchev–Trinajstić information content (AvgIpc) is 2.84. The molecule has 0 aromatic heterocycles. The molecule has 0 bridgehead atoms. The van der Waals surface area contributed by atoms with E-state index < -0.39 is 96.8 Å². The summed E-state index contributed by atoms with van der Waals surface area (Å²) in [5.74, 6) is -54.1. The Kier molecular flexibility index (Phi) is 9.33. The summed E-state index contributed by atoms with van der Waals surface area (Å²) in [5, 5.41) is 0. The van der Waals surface area contributed by atoms with E-state index in [2.05, 4.69) is 0 Å². The van der Waals surface area contributed by atoms with Gasteiger partial charge in [0, 0.05) is 5.92 Å². The van der Waals surface area contributed by atoms with Crippen LogP contribution in [0, 0.1) is 17.7 Å². The first-order valence-electron chi connectivity index (χ1n) is 11.6. The van der Waals surface area contributed by atoms with Gasteiger partial charge in [-0.25, -0.2) is 4.39 Å². The van der Waals surface area contributed by atoms with Gasteiger partial charge in [-0.15, -0.1) is 0 Å². The van der Waals surface area contributed by atoms with Crippen LogP contribution in [-0.2, 0) is 11.2 Å². The second kappa shape index (κ2) is 11.0. The van der Waals surface area contributed by atoms with Crippen molar-refractivity contribution in [3.8, 4) is 5.75 Å². The SMILES string of the molecule is CCCc1ccc(OC(=O)[C@H]2CC[C@H](C(F)(F)C(F)(F)C(F)(F)C(F)(F)C(F)(F)C(F)(F)C(F)(F)F)CC2)c(F)c1. The Bertz CT molecular complexity index is 1090. The van der Waals surface area contributed by atoms with Crippen LogP contribution >= 0.6 is 0 Å². The molecule has 41 heavy (non-hydrogen) atoms. The summed E-state index contributed by atoms with van der Waals surface area (Å²) in [6.45, 7) is 1.79. The first-order chi connectivity index (χ1) is 18.3. The lowest BCUT2D eigenvalue weighted by Crippen LogP contribution is -2.73. The summed E-state index contributed by atoms with van der Waals surface area (Å²) in [4.78, 5) is 12.3. The van der Waals surface area contributed by atoms with E-state index >= 15 is 0 Å². The van der Waals surface area contributed by atoms with Crippen LogP contribution in [0.15, 0.2) is 18.2 Å². The Morgan fingerprint density at radius 1 is 0.732 bits per heavy atom. The fraction of sp³-hybridized carbons (Fsp3) is 0.696. The number of carbonyl (C=O) groups is 1. The van der Waals surface area contributed by atoms with Crippen molar-refractivity contribution in [1.82, 2.24) is 0 Å². The van der Waals surface area contributed by atoms with Gasteiger partial charge in [-0.1, -0.05) is 19.4 Å². The van der Waals surface area contributed by atoms with Crippen LogP contribution in [0.2, 0.25) is 0 Å². The molecular formula is C23H20F16O2. The Hall–Kier alpha value is -2.43. The van der Waals surface area contributed by atoms with Crippen LogP contribution in [0.5, 0.6) is 5.75 Å². The third-order valence-electron chi connectivity index (χ3n) is 6.67. The molecule has 1 aliphatic rings. The lowest BCUT2D eigenvalue weighted by molar-refractivity contribution is -0.455. The second-order valence-corrected chi connectivity index (χ2v) is 9.48. The number of hydrogen-bond donors (Lipinski definition) is 0. The summed E-state index contributed by atoms with van der Waals surface area (Å²) in [6.07, 6.45) is -11.0. The standard InChI is InChI=1S/C23H20F16O2/c1-2-3-11-4-9-15(14(24)10-11)41-16(40)12-5-7-13(8-6-12)17(25,26)18(27,28)19(29,30)20(31,32)21(33,34)22(35,36)23(37,38)39/h4,9-10,12-13H,2-3,5-8H2,1H3/t12-,13-. The number of esters is 1. The Morgan fingerprint density at radius 2 is 1.20 bits per heavy atom. The molecule has 1 fully saturated rings. The third-order valence-corrected chi connectivity index (χ3v) is 6.67. The van der Waals surface area contributed by atoms with E-state index in [0.29, 0.717) is 18.4 Å². The van der Waals surface area contributed by atoms with Gasteiger partial charge in [0.05, 0.1) is 5.92 Å². The van der Waals surface area contributed by atoms with Crippen molar-refractivity contribution < 1.29 is 79.8 Å². The van der Waals surface area contributed by atoms with Crippen LogP contribution in [0.3, 0.4) is 0 Å². The topological polar surface area (TPSA) is 26.3 Å². The molecule has 2 rings (SSSR count). The molecule has 18 heteroatoms. The van der Waals surface area contributed by atoms with Crippen molar-refractivity contribution in [2.75, 3.05) is 0 Å². The highest BCUT2D eigenvalue weighted by molar-refractivity contribution is 5.75. The maximum absolute atomic E-state index is 14.5. The highest BCUT2D eigenvalue weighted by Gasteiger charge is 2.93. The summed E-state index contributed by atoms with van der Waals surface area (Å²) >= 11 is 0. The first kappa shape index (κ1) is 34.8. The molecule has 0 atom stereocenters. The fourth-order valence-electron chi connectivity index (χ4n) is 4.19. The fourth-order valence-corrected chi connectivity index (χ4v) is 4.19. The molecule has 1 aromatic carbocycles. The Labute approximate surface area is 221 Å². The van der Waals surface area contributed by atoms with E-state index in [-0.39, 0.29) is 0 Å². The van der Waals surface area contributed by atoms with E-state index in [1.165, 1.54) is 6.07 Å². The van der Waals surface area contributed by atoms with Gasteiger partial charge < -0.3 is 4.74 Å². The molecule has 0 spiro atoms. The molecule has 236 valence electrons. The number of rotatable bonds is 10. The molecule has 1 saturated carbocycles. The Morgan fingerprint density at radius 3 is 1.63 bits per heavy atom. The van der Waals surface area contributed by atoms with Crippen LogP contribution in [-0.4, -0.2) is 47.7 Å². The number of alkyl halides is 15. The van der Waals surface area contributed by atoms with E-state index in [9.17, 15) is 75.0 Å². The summed E-state index contributed by atoms with van der Waals surface area (Å²) in [6, 6.07) is 3.47. The predicted octanol–water partition coefficient (Wildman–Crippen LogP) is 8.86. The third kappa shape index (κ3) is 5.67. The smallest absolute Gasteiger partial charge is 0.423 e. The van der Waals surface area contributed by atoms with Gasteiger partial charge in [-0.2, -0.15) is 65.9 Å². The van der Waals surface area contributed by atoms with E-state index in [1.807, 2.05) is 0 Å². The van der Waals surface area contributed by atoms with Crippen molar-refractivity contribution >= 4 is 5.97 Å². The molecule has 0 aliphatic heterocycles. The number of carbonyl (C=O) groups excluding carboxylic acids is 1. The maximum Gasteiger partial charge on any atom is 0.460 e. The number of benzene rings is 1. The van der Waals surface area contributed by atoms with Gasteiger partial charge in [0.1, 0.15) is 0 Å². The summed E-state index contributed by atoms with van der Waals surface area (Å²) < 4.78 is 221. The minimum absolute atomic E-state index is 0.460. The van der Waals surface area contributed by atoms with Gasteiger partial charge in [0.25, 0.3) is 0 Å². The van der Waals surface area contributed by atoms with Crippen molar-refractivity contribution in [2.45, 2.75) is 87.2 Å². The highest BCUT2D eigenvalue weighted by atomic mass is 19.4. The zero-order valence-corrected chi connectivity index (χ0v) is 20.5. The zero-order chi connectivity index (χ0) is 32.0. The molecular weight excluding hydrogens is 612 g/mol. The van der Waals surface area contributed by atoms with Crippen LogP contribution in [0.25, 0.3) is 0 Å². The lowest BCUT2D eigenvalue weighted by Gasteiger charge is -2.44. The monoisotopic (exact) mass is 632 g/mol. The molecule has 0 heterocycles. The van der Waals surface area contributed by atoms with E-state index in [1.54, 1.807) is 6.92 Å². The van der Waals surface area contributed by atoms with Gasteiger partial charge in [0.15, 0.2) is 11.6 Å². The van der Waals surface area contributed by atoms with Gasteiger partial charge in [-0.3, -0.25) is 4.79 Å². The molecule has 1 aromatic rings. The minimum atomic E-state index is -8.34. The van der Waals surface area contributed by atoms with Gasteiger partial charge >= 0.3 is 47.7 Å². The second-order valence-electron chi connectivity index (χ2n) is 9.48. The number of halogens is 16. The zero-order valence-electron chi connectivity index (χ0n) is 20.5. The molecule has 0 unspecified atom stereocenters. The molecule has 1 aliphatic carbocycles. The van der Waals surface area contributed by atoms with Gasteiger partial charge in [-0.05, 0) is 49.8 Å². The summed E-state index contributed by atoms with van der Waals surface area (Å²) in [7, 11) is 0. The Balaban J connectivity index is 2.23. The molecule has 2 nitrogen and oxygen atoms in total. The van der Waals surface area contributed by atoms with Crippen LogP contribution in [0.4, 0.5) is 70.2 Å². The van der Waals surface area contributed by atoms with E-state index in [0.717, 1.165) is 12.1 Å². The van der Waals surface area contributed by atoms with Crippen molar-refractivity contribution in [3.63, 3.8) is 0 Å². The first-order valence-corrected chi connectivity index (χ1v) is 11.6. The molecule has 0 N–H and O–H groups in total. The van der Waals surface area contributed by atoms with Crippen LogP contribution < -0.4 is 4.74 Å². The van der Waals surface area contributed by atoms with Crippen LogP contribution in [0.1, 0.15) is 44.6 Å². The predicted molar refractivity (Wildman–Crippen MR) is 107 cm³/mol.